The molecule has 0 N–H and O–H groups in total. The molecule has 0 fully saturated rings. The molecule has 25 heavy (non-hydrogen) atoms. The number of rotatable bonds is 3. The molecule has 1 aliphatic rings. The Labute approximate surface area is 141 Å². The Bertz CT molecular complexity index is 843. The first-order valence-electron chi connectivity index (χ1n) is 7.60. The lowest BCUT2D eigenvalue weighted by molar-refractivity contribution is -0.0681. The number of benzene rings is 1. The quantitative estimate of drug-likeness (QED) is 0.695. The van der Waals surface area contributed by atoms with Crippen LogP contribution in [0.5, 0.6) is 0 Å². The number of nitrogens with zero attached hydrogens (tertiary/aromatic N) is 2. The molecule has 0 atom stereocenters. The van der Waals surface area contributed by atoms with E-state index >= 15 is 0 Å². The van der Waals surface area contributed by atoms with Crippen molar-refractivity contribution in [2.75, 3.05) is 0 Å². The number of halogens is 5. The topological polar surface area (TPSA) is 25.2 Å². The monoisotopic (exact) mass is 354 g/mol. The summed E-state index contributed by atoms with van der Waals surface area (Å²) in [6, 6.07) is 7.07. The van der Waals surface area contributed by atoms with Crippen molar-refractivity contribution in [3.05, 3.63) is 64.5 Å². The van der Waals surface area contributed by atoms with Crippen LogP contribution in [-0.4, -0.2) is 16.2 Å². The maximum absolute atomic E-state index is 14.7. The van der Waals surface area contributed by atoms with Crippen LogP contribution in [0, 0.1) is 0 Å². The summed E-state index contributed by atoms with van der Waals surface area (Å²) >= 11 is 0. The molecular weight excluding hydrogens is 339 g/mol. The molecule has 3 rings (SSSR count). The molecule has 7 heteroatoms. The second-order valence-electron chi connectivity index (χ2n) is 6.34. The predicted octanol–water partition coefficient (Wildman–Crippen LogP) is 5.21. The van der Waals surface area contributed by atoms with Crippen molar-refractivity contribution in [1.29, 1.82) is 0 Å². The van der Waals surface area contributed by atoms with Crippen LogP contribution < -0.4 is 0 Å². The molecule has 0 amide bonds. The molecule has 0 unspecified atom stereocenters. The normalized spacial score (nSPS) is 18.0. The Hall–Kier alpha value is -2.31. The molecule has 2 heterocycles. The van der Waals surface area contributed by atoms with Crippen LogP contribution in [0.4, 0.5) is 22.0 Å². The van der Waals surface area contributed by atoms with Gasteiger partial charge in [-0.2, -0.15) is 8.78 Å². The van der Waals surface area contributed by atoms with Crippen molar-refractivity contribution in [2.24, 2.45) is 4.99 Å². The summed E-state index contributed by atoms with van der Waals surface area (Å²) < 4.78 is 68.3. The number of pyridine rings is 1. The minimum Gasteiger partial charge on any atom is -0.271 e. The van der Waals surface area contributed by atoms with E-state index in [1.165, 1.54) is 38.1 Å². The van der Waals surface area contributed by atoms with Crippen molar-refractivity contribution in [3.8, 4) is 0 Å². The van der Waals surface area contributed by atoms with Crippen molar-refractivity contribution in [3.63, 3.8) is 0 Å². The fraction of sp³-hybridized carbons (Fsp3) is 0.333. The lowest BCUT2D eigenvalue weighted by Gasteiger charge is -2.37. The zero-order valence-electron chi connectivity index (χ0n) is 13.5. The third-order valence-electron chi connectivity index (χ3n) is 4.31. The Kier molecular flexibility index (Phi) is 4.13. The van der Waals surface area contributed by atoms with Crippen LogP contribution in [0.1, 0.15) is 48.2 Å². The molecule has 1 aliphatic heterocycles. The van der Waals surface area contributed by atoms with Gasteiger partial charge in [-0.1, -0.05) is 24.3 Å². The Balaban J connectivity index is 2.22. The van der Waals surface area contributed by atoms with Crippen molar-refractivity contribution < 1.29 is 22.0 Å². The fourth-order valence-corrected chi connectivity index (χ4v) is 2.88. The molecule has 0 saturated carbocycles. The minimum atomic E-state index is -3.20. The number of hydrogen-bond acceptors (Lipinski definition) is 2. The Morgan fingerprint density at radius 3 is 2.44 bits per heavy atom. The lowest BCUT2D eigenvalue weighted by Crippen LogP contribution is -2.44. The molecular formula is C18H15F5N2. The van der Waals surface area contributed by atoms with Crippen LogP contribution in [0.15, 0.2) is 41.5 Å². The van der Waals surface area contributed by atoms with E-state index in [1.807, 2.05) is 0 Å². The van der Waals surface area contributed by atoms with Gasteiger partial charge in [0.1, 0.15) is 17.9 Å². The van der Waals surface area contributed by atoms with Gasteiger partial charge < -0.3 is 0 Å². The summed E-state index contributed by atoms with van der Waals surface area (Å²) in [6.07, 6.45) is -1.79. The second-order valence-corrected chi connectivity index (χ2v) is 6.34. The maximum atomic E-state index is 14.7. The summed E-state index contributed by atoms with van der Waals surface area (Å²) in [7, 11) is 0. The number of aliphatic imine (C=N–C) groups is 1. The van der Waals surface area contributed by atoms with Gasteiger partial charge in [-0.15, -0.1) is 0 Å². The second kappa shape index (κ2) is 5.89. The highest BCUT2D eigenvalue weighted by Crippen LogP contribution is 2.46. The highest BCUT2D eigenvalue weighted by atomic mass is 19.3. The largest absolute Gasteiger partial charge is 0.297 e. The van der Waals surface area contributed by atoms with Crippen LogP contribution in [0.2, 0.25) is 0 Å². The summed E-state index contributed by atoms with van der Waals surface area (Å²) in [5, 5.41) is 0. The van der Waals surface area contributed by atoms with Crippen molar-refractivity contribution in [2.45, 2.75) is 38.4 Å². The average molecular weight is 354 g/mol. The highest BCUT2D eigenvalue weighted by molar-refractivity contribution is 6.14. The zero-order valence-corrected chi connectivity index (χ0v) is 13.5. The molecule has 2 nitrogen and oxygen atoms in total. The molecule has 0 saturated heterocycles. The molecule has 0 bridgehead atoms. The summed E-state index contributed by atoms with van der Waals surface area (Å²) in [6.45, 7) is 1.45. The van der Waals surface area contributed by atoms with E-state index in [-0.39, 0.29) is 28.0 Å². The van der Waals surface area contributed by atoms with E-state index in [4.69, 9.17) is 0 Å². The predicted molar refractivity (Wildman–Crippen MR) is 84.1 cm³/mol. The van der Waals surface area contributed by atoms with E-state index in [1.54, 1.807) is 6.07 Å². The van der Waals surface area contributed by atoms with Gasteiger partial charge in [0.2, 0.25) is 0 Å². The molecule has 1 aromatic heterocycles. The standard InChI is InChI=1S/C18H15F5N2/c1-17(2)18(22,23)13-6-4-3-5-12(13)14(25-17)11-7-10(8-19)15(16(20)21)24-9-11/h3-7,9,16H,8H2,1-2H3. The molecule has 132 valence electrons. The van der Waals surface area contributed by atoms with Crippen LogP contribution in [0.25, 0.3) is 0 Å². The SMILES string of the molecule is CC1(C)N=C(c2cnc(C(F)F)c(CF)c2)c2ccccc2C1(F)F. The van der Waals surface area contributed by atoms with Gasteiger partial charge in [0.25, 0.3) is 12.3 Å². The van der Waals surface area contributed by atoms with Crippen LogP contribution in [-0.2, 0) is 12.6 Å². The fourth-order valence-electron chi connectivity index (χ4n) is 2.88. The van der Waals surface area contributed by atoms with Gasteiger partial charge in [0, 0.05) is 28.5 Å². The minimum absolute atomic E-state index is 0.184. The third-order valence-corrected chi connectivity index (χ3v) is 4.31. The third kappa shape index (κ3) is 2.71. The molecule has 0 spiro atoms. The van der Waals surface area contributed by atoms with Crippen molar-refractivity contribution >= 4 is 5.71 Å². The number of aromatic nitrogens is 1. The molecule has 2 aromatic rings. The van der Waals surface area contributed by atoms with E-state index in [2.05, 4.69) is 9.98 Å². The smallest absolute Gasteiger partial charge is 0.271 e. The van der Waals surface area contributed by atoms with Gasteiger partial charge in [0.15, 0.2) is 0 Å². The van der Waals surface area contributed by atoms with Crippen LogP contribution >= 0.6 is 0 Å². The van der Waals surface area contributed by atoms with Gasteiger partial charge >= 0.3 is 0 Å². The van der Waals surface area contributed by atoms with E-state index in [9.17, 15) is 22.0 Å². The molecule has 1 aromatic carbocycles. The molecule has 0 aliphatic carbocycles. The average Bonchev–Trinajstić information content (AvgIpc) is 2.58. The number of alkyl halides is 5. The van der Waals surface area contributed by atoms with E-state index < -0.39 is 30.3 Å². The first kappa shape index (κ1) is 17.5. The Morgan fingerprint density at radius 1 is 1.12 bits per heavy atom. The highest BCUT2D eigenvalue weighted by Gasteiger charge is 2.52. The number of fused-ring (bicyclic) bond motifs is 1. The summed E-state index contributed by atoms with van der Waals surface area (Å²) in [4.78, 5) is 7.77. The van der Waals surface area contributed by atoms with E-state index in [0.29, 0.717) is 0 Å². The molecule has 0 radical (unpaired) electrons. The first-order valence-corrected chi connectivity index (χ1v) is 7.60. The maximum Gasteiger partial charge on any atom is 0.297 e. The number of hydrogen-bond donors (Lipinski definition) is 0. The Morgan fingerprint density at radius 2 is 1.80 bits per heavy atom. The zero-order chi connectivity index (χ0) is 18.4. The van der Waals surface area contributed by atoms with Gasteiger partial charge in [-0.3, -0.25) is 9.98 Å². The summed E-state index contributed by atoms with van der Waals surface area (Å²) in [5.41, 5.74) is -2.27. The van der Waals surface area contributed by atoms with Crippen LogP contribution in [0.3, 0.4) is 0 Å². The first-order chi connectivity index (χ1) is 11.7. The van der Waals surface area contributed by atoms with Crippen molar-refractivity contribution in [1.82, 2.24) is 4.98 Å². The summed E-state index contributed by atoms with van der Waals surface area (Å²) in [5.74, 6) is -3.20. The van der Waals surface area contributed by atoms with E-state index in [0.717, 1.165) is 6.20 Å². The lowest BCUT2D eigenvalue weighted by atomic mass is 9.81. The van der Waals surface area contributed by atoms with Gasteiger partial charge in [0.05, 0.1) is 5.71 Å². The van der Waals surface area contributed by atoms with Gasteiger partial charge in [-0.05, 0) is 19.9 Å². The van der Waals surface area contributed by atoms with Gasteiger partial charge in [-0.25, -0.2) is 13.2 Å².